The number of aromatic nitrogens is 3. The monoisotopic (exact) mass is 500 g/mol. The number of nitrogens with zero attached hydrogens (tertiary/aromatic N) is 4. The molecule has 1 aromatic carbocycles. The number of morpholine rings is 1. The van der Waals surface area contributed by atoms with E-state index >= 15 is 0 Å². The molecule has 1 atom stereocenters. The average Bonchev–Trinajstić information content (AvgIpc) is 3.69. The third-order valence-corrected chi connectivity index (χ3v) is 7.83. The number of hydrogen-bond donors (Lipinski definition) is 2. The Labute approximate surface area is 216 Å². The van der Waals surface area contributed by atoms with Gasteiger partial charge >= 0.3 is 0 Å². The van der Waals surface area contributed by atoms with E-state index in [1.165, 1.54) is 37.8 Å². The second-order valence-electron chi connectivity index (χ2n) is 10.3. The molecule has 0 amide bonds. The van der Waals surface area contributed by atoms with Crippen LogP contribution in [0, 0.1) is 23.1 Å². The minimum atomic E-state index is -0.284. The van der Waals surface area contributed by atoms with E-state index in [-0.39, 0.29) is 11.9 Å². The first-order valence-electron chi connectivity index (χ1n) is 13.3. The summed E-state index contributed by atoms with van der Waals surface area (Å²) < 4.78 is 19.4. The van der Waals surface area contributed by atoms with Gasteiger partial charge in [-0.25, -0.2) is 14.4 Å². The summed E-state index contributed by atoms with van der Waals surface area (Å²) in [4.78, 5) is 17.1. The smallest absolute Gasteiger partial charge is 0.130 e. The van der Waals surface area contributed by atoms with Crippen molar-refractivity contribution in [3.05, 3.63) is 71.9 Å². The number of amidine groups is 1. The lowest BCUT2D eigenvalue weighted by Crippen LogP contribution is -2.42. The Morgan fingerprint density at radius 3 is 2.68 bits per heavy atom. The topological polar surface area (TPSA) is 81.1 Å². The molecule has 3 aromatic rings. The number of rotatable bonds is 6. The van der Waals surface area contributed by atoms with Gasteiger partial charge in [-0.15, -0.1) is 0 Å². The second kappa shape index (κ2) is 10.5. The van der Waals surface area contributed by atoms with Crippen molar-refractivity contribution < 1.29 is 9.13 Å². The van der Waals surface area contributed by atoms with Gasteiger partial charge in [0.1, 0.15) is 23.3 Å². The highest BCUT2D eigenvalue weighted by atomic mass is 19.1. The van der Waals surface area contributed by atoms with Crippen LogP contribution in [0.25, 0.3) is 17.5 Å². The number of anilines is 1. The quantitative estimate of drug-likeness (QED) is 0.355. The van der Waals surface area contributed by atoms with E-state index in [1.807, 2.05) is 17.0 Å². The molecule has 1 saturated carbocycles. The Morgan fingerprint density at radius 2 is 1.86 bits per heavy atom. The minimum Gasteiger partial charge on any atom is -0.377 e. The maximum atomic E-state index is 13.8. The SMILES string of the molecule is N=C(/C=C\c1ncc(-c2cccc(N3CCC(C4CC4)CC3)n2)[nH]1)N1CCOCC1c1cccc(F)c1. The van der Waals surface area contributed by atoms with Gasteiger partial charge in [-0.3, -0.25) is 5.41 Å². The molecule has 0 bridgehead atoms. The van der Waals surface area contributed by atoms with Crippen LogP contribution in [0.3, 0.4) is 0 Å². The molecule has 8 heteroatoms. The summed E-state index contributed by atoms with van der Waals surface area (Å²) in [6.07, 6.45) is 10.7. The van der Waals surface area contributed by atoms with Crippen molar-refractivity contribution in [1.29, 1.82) is 5.41 Å². The van der Waals surface area contributed by atoms with Gasteiger partial charge in [0.25, 0.3) is 0 Å². The maximum Gasteiger partial charge on any atom is 0.130 e. The number of nitrogens with one attached hydrogen (secondary N) is 2. The molecule has 3 aliphatic rings. The molecular weight excluding hydrogens is 467 g/mol. The van der Waals surface area contributed by atoms with Gasteiger partial charge in [-0.1, -0.05) is 18.2 Å². The van der Waals surface area contributed by atoms with E-state index in [0.29, 0.717) is 31.4 Å². The predicted octanol–water partition coefficient (Wildman–Crippen LogP) is 5.30. The number of piperidine rings is 1. The number of H-pyrrole nitrogens is 1. The largest absolute Gasteiger partial charge is 0.377 e. The Balaban J connectivity index is 1.12. The number of halogens is 1. The fourth-order valence-corrected chi connectivity index (χ4v) is 5.60. The van der Waals surface area contributed by atoms with Gasteiger partial charge in [0.05, 0.1) is 36.8 Å². The van der Waals surface area contributed by atoms with E-state index in [0.717, 1.165) is 47.7 Å². The molecule has 4 heterocycles. The zero-order chi connectivity index (χ0) is 25.2. The first-order chi connectivity index (χ1) is 18.1. The molecule has 7 nitrogen and oxygen atoms in total. The molecule has 2 aromatic heterocycles. The highest BCUT2D eigenvalue weighted by Crippen LogP contribution is 2.42. The fourth-order valence-electron chi connectivity index (χ4n) is 5.60. The van der Waals surface area contributed by atoms with E-state index in [4.69, 9.17) is 15.1 Å². The number of benzene rings is 1. The van der Waals surface area contributed by atoms with Crippen LogP contribution in [0.4, 0.5) is 10.2 Å². The summed E-state index contributed by atoms with van der Waals surface area (Å²) in [6, 6.07) is 12.5. The zero-order valence-electron chi connectivity index (χ0n) is 20.9. The average molecular weight is 501 g/mol. The van der Waals surface area contributed by atoms with E-state index in [1.54, 1.807) is 24.4 Å². The highest BCUT2D eigenvalue weighted by molar-refractivity contribution is 5.94. The molecular formula is C29H33FN6O. The third kappa shape index (κ3) is 5.44. The van der Waals surface area contributed by atoms with E-state index in [9.17, 15) is 4.39 Å². The van der Waals surface area contributed by atoms with Gasteiger partial charge in [-0.05, 0) is 79.5 Å². The Bertz CT molecular complexity index is 1280. The molecule has 1 unspecified atom stereocenters. The third-order valence-electron chi connectivity index (χ3n) is 7.83. The van der Waals surface area contributed by atoms with Crippen LogP contribution >= 0.6 is 0 Å². The van der Waals surface area contributed by atoms with Crippen LogP contribution in [0.15, 0.2) is 54.7 Å². The van der Waals surface area contributed by atoms with Gasteiger partial charge < -0.3 is 19.5 Å². The molecule has 0 radical (unpaired) electrons. The summed E-state index contributed by atoms with van der Waals surface area (Å²) in [7, 11) is 0. The van der Waals surface area contributed by atoms with Crippen molar-refractivity contribution in [3.8, 4) is 11.4 Å². The van der Waals surface area contributed by atoms with Gasteiger partial charge in [0.15, 0.2) is 0 Å². The summed E-state index contributed by atoms with van der Waals surface area (Å²) in [6.45, 7) is 3.68. The van der Waals surface area contributed by atoms with Crippen LogP contribution in [0.5, 0.6) is 0 Å². The van der Waals surface area contributed by atoms with Crippen molar-refractivity contribution >= 4 is 17.7 Å². The van der Waals surface area contributed by atoms with Crippen molar-refractivity contribution in [3.63, 3.8) is 0 Å². The Kier molecular flexibility index (Phi) is 6.74. The van der Waals surface area contributed by atoms with Crippen molar-refractivity contribution in [2.45, 2.75) is 31.7 Å². The molecule has 2 N–H and O–H groups in total. The van der Waals surface area contributed by atoms with Crippen molar-refractivity contribution in [2.24, 2.45) is 11.8 Å². The second-order valence-corrected chi connectivity index (χ2v) is 10.3. The van der Waals surface area contributed by atoms with E-state index in [2.05, 4.69) is 27.0 Å². The molecule has 1 aliphatic carbocycles. The lowest BCUT2D eigenvalue weighted by atomic mass is 9.92. The number of ether oxygens (including phenoxy) is 1. The van der Waals surface area contributed by atoms with Crippen LogP contribution in [-0.2, 0) is 4.74 Å². The van der Waals surface area contributed by atoms with Gasteiger partial charge in [-0.2, -0.15) is 0 Å². The highest BCUT2D eigenvalue weighted by Gasteiger charge is 2.33. The first kappa shape index (κ1) is 23.9. The van der Waals surface area contributed by atoms with Crippen LogP contribution in [0.1, 0.15) is 43.1 Å². The van der Waals surface area contributed by atoms with Crippen molar-refractivity contribution in [2.75, 3.05) is 37.7 Å². The molecule has 0 spiro atoms. The van der Waals surface area contributed by atoms with Gasteiger partial charge in [0, 0.05) is 19.6 Å². The lowest BCUT2D eigenvalue weighted by molar-refractivity contribution is 0.0258. The summed E-state index contributed by atoms with van der Waals surface area (Å²) in [5, 5.41) is 8.65. The van der Waals surface area contributed by atoms with Crippen LogP contribution in [0.2, 0.25) is 0 Å². The standard InChI is InChI=1S/C29H33FN6O/c30-23-4-1-3-22(17-23)26-19-37-16-15-36(26)27(31)9-10-28-32-18-25(33-28)24-5-2-6-29(34-24)35-13-11-21(12-14-35)20-7-8-20/h1-6,9-10,17-18,20-21,26,31H,7-8,11-16,19H2,(H,32,33)/b10-9-,31-27?. The molecule has 6 rings (SSSR count). The zero-order valence-corrected chi connectivity index (χ0v) is 20.9. The minimum absolute atomic E-state index is 0.199. The number of hydrogen-bond acceptors (Lipinski definition) is 5. The first-order valence-corrected chi connectivity index (χ1v) is 13.3. The van der Waals surface area contributed by atoms with Crippen LogP contribution < -0.4 is 4.90 Å². The molecule has 2 aliphatic heterocycles. The molecule has 3 fully saturated rings. The van der Waals surface area contributed by atoms with Gasteiger partial charge in [0.2, 0.25) is 0 Å². The predicted molar refractivity (Wildman–Crippen MR) is 143 cm³/mol. The normalized spacial score (nSPS) is 21.1. The summed E-state index contributed by atoms with van der Waals surface area (Å²) in [5.41, 5.74) is 2.52. The Morgan fingerprint density at radius 1 is 1.05 bits per heavy atom. The summed E-state index contributed by atoms with van der Waals surface area (Å²) in [5.74, 6) is 3.62. The van der Waals surface area contributed by atoms with Crippen LogP contribution in [-0.4, -0.2) is 58.5 Å². The Hall–Kier alpha value is -3.52. The fraction of sp³-hybridized carbons (Fsp3) is 0.414. The van der Waals surface area contributed by atoms with E-state index < -0.39 is 0 Å². The van der Waals surface area contributed by atoms with Crippen molar-refractivity contribution in [1.82, 2.24) is 19.9 Å². The summed E-state index contributed by atoms with van der Waals surface area (Å²) >= 11 is 0. The maximum absolute atomic E-state index is 13.8. The number of imidazole rings is 1. The molecule has 2 saturated heterocycles. The molecule has 192 valence electrons. The lowest BCUT2D eigenvalue weighted by Gasteiger charge is -2.36. The number of pyridine rings is 1. The number of aromatic amines is 1. The molecule has 37 heavy (non-hydrogen) atoms.